The molecule has 0 spiro atoms. The average molecular weight is 364 g/mol. The van der Waals surface area contributed by atoms with Crippen LogP contribution in [-0.2, 0) is 6.18 Å². The Morgan fingerprint density at radius 2 is 1.85 bits per heavy atom. The molecule has 1 aliphatic heterocycles. The summed E-state index contributed by atoms with van der Waals surface area (Å²) in [7, 11) is 1.57. The molecule has 1 aliphatic rings. The lowest BCUT2D eigenvalue weighted by Crippen LogP contribution is -2.48. The Hall–Kier alpha value is -2.54. The second-order valence-corrected chi connectivity index (χ2v) is 6.04. The van der Waals surface area contributed by atoms with E-state index in [1.807, 2.05) is 24.3 Å². The number of ether oxygens (including phenoxy) is 1. The van der Waals surface area contributed by atoms with Crippen molar-refractivity contribution in [2.45, 2.75) is 12.2 Å². The highest BCUT2D eigenvalue weighted by molar-refractivity contribution is 5.94. The number of piperazine rings is 1. The first-order valence-corrected chi connectivity index (χ1v) is 8.23. The van der Waals surface area contributed by atoms with Crippen LogP contribution < -0.4 is 10.1 Å². The van der Waals surface area contributed by atoms with Gasteiger partial charge in [0.1, 0.15) is 5.75 Å². The number of halogens is 3. The molecule has 1 atom stereocenters. The highest BCUT2D eigenvalue weighted by Gasteiger charge is 2.32. The number of benzene rings is 2. The number of nitrogens with one attached hydrogen (secondary N) is 1. The minimum absolute atomic E-state index is 0.236. The summed E-state index contributed by atoms with van der Waals surface area (Å²) in [5.41, 5.74) is 0.331. The van der Waals surface area contributed by atoms with Gasteiger partial charge in [-0.15, -0.1) is 0 Å². The van der Waals surface area contributed by atoms with Crippen molar-refractivity contribution in [3.05, 3.63) is 65.2 Å². The number of nitrogens with zero attached hydrogens (tertiary/aromatic N) is 1. The highest BCUT2D eigenvalue weighted by atomic mass is 19.4. The largest absolute Gasteiger partial charge is 0.496 e. The number of carbonyl (C=O) groups excluding carboxylic acids is 1. The molecule has 4 nitrogen and oxygen atoms in total. The summed E-state index contributed by atoms with van der Waals surface area (Å²) >= 11 is 0. The first-order valence-electron chi connectivity index (χ1n) is 8.23. The van der Waals surface area contributed by atoms with Gasteiger partial charge >= 0.3 is 6.18 Å². The molecular weight excluding hydrogens is 345 g/mol. The third-order valence-corrected chi connectivity index (χ3v) is 4.46. The Balaban J connectivity index is 1.89. The van der Waals surface area contributed by atoms with Crippen LogP contribution in [0.1, 0.15) is 27.5 Å². The molecule has 0 radical (unpaired) electrons. The molecule has 1 N–H and O–H groups in total. The Morgan fingerprint density at radius 3 is 2.50 bits per heavy atom. The maximum Gasteiger partial charge on any atom is 0.416 e. The molecule has 138 valence electrons. The molecule has 0 aliphatic carbocycles. The second-order valence-electron chi connectivity index (χ2n) is 6.04. The number of amides is 1. The molecule has 0 bridgehead atoms. The van der Waals surface area contributed by atoms with Crippen LogP contribution in [0.2, 0.25) is 0 Å². The van der Waals surface area contributed by atoms with Crippen LogP contribution in [0.15, 0.2) is 48.5 Å². The summed E-state index contributed by atoms with van der Waals surface area (Å²) < 4.78 is 43.6. The van der Waals surface area contributed by atoms with Gasteiger partial charge in [0, 0.05) is 30.8 Å². The normalized spacial score (nSPS) is 17.8. The molecule has 0 saturated carbocycles. The zero-order chi connectivity index (χ0) is 18.7. The third-order valence-electron chi connectivity index (χ3n) is 4.46. The van der Waals surface area contributed by atoms with Crippen LogP contribution in [0, 0.1) is 0 Å². The van der Waals surface area contributed by atoms with Crippen LogP contribution in [-0.4, -0.2) is 37.6 Å². The quantitative estimate of drug-likeness (QED) is 0.906. The van der Waals surface area contributed by atoms with Gasteiger partial charge in [0.15, 0.2) is 0 Å². The Morgan fingerprint density at radius 1 is 1.15 bits per heavy atom. The number of rotatable bonds is 3. The fourth-order valence-corrected chi connectivity index (χ4v) is 3.13. The zero-order valence-electron chi connectivity index (χ0n) is 14.2. The molecule has 1 fully saturated rings. The molecule has 3 rings (SSSR count). The SMILES string of the molecule is COc1ccccc1C1CNCCN1C(=O)c1ccc(C(F)(F)F)cc1. The maximum atomic E-state index is 12.9. The van der Waals surface area contributed by atoms with E-state index in [2.05, 4.69) is 5.32 Å². The minimum atomic E-state index is -4.42. The lowest BCUT2D eigenvalue weighted by atomic mass is 10.0. The van der Waals surface area contributed by atoms with Crippen molar-refractivity contribution in [1.82, 2.24) is 10.2 Å². The first-order chi connectivity index (χ1) is 12.4. The van der Waals surface area contributed by atoms with E-state index in [0.717, 1.165) is 17.7 Å². The molecular formula is C19H19F3N2O2. The second kappa shape index (κ2) is 7.37. The van der Waals surface area contributed by atoms with Crippen LogP contribution in [0.5, 0.6) is 5.75 Å². The topological polar surface area (TPSA) is 41.6 Å². The molecule has 0 aromatic heterocycles. The molecule has 1 heterocycles. The van der Waals surface area contributed by atoms with E-state index >= 15 is 0 Å². The van der Waals surface area contributed by atoms with Crippen molar-refractivity contribution in [2.24, 2.45) is 0 Å². The standard InChI is InChI=1S/C19H19F3N2O2/c1-26-17-5-3-2-4-15(17)16-12-23-10-11-24(16)18(25)13-6-8-14(9-7-13)19(20,21)22/h2-9,16,23H,10-12H2,1H3. The fraction of sp³-hybridized carbons (Fsp3) is 0.316. The van der Waals surface area contributed by atoms with Gasteiger partial charge in [0.05, 0.1) is 18.7 Å². The number of hydrogen-bond acceptors (Lipinski definition) is 3. The van der Waals surface area contributed by atoms with Crippen LogP contribution in [0.25, 0.3) is 0 Å². The summed E-state index contributed by atoms with van der Waals surface area (Å²) in [5, 5.41) is 3.25. The lowest BCUT2D eigenvalue weighted by Gasteiger charge is -2.37. The average Bonchev–Trinajstić information content (AvgIpc) is 2.67. The van der Waals surface area contributed by atoms with Crippen molar-refractivity contribution in [3.8, 4) is 5.75 Å². The summed E-state index contributed by atoms with van der Waals surface area (Å²) in [5.74, 6) is 0.377. The van der Waals surface area contributed by atoms with Crippen molar-refractivity contribution in [1.29, 1.82) is 0 Å². The predicted octanol–water partition coefficient (Wildman–Crippen LogP) is 3.50. The Bertz CT molecular complexity index is 775. The van der Waals surface area contributed by atoms with Crippen molar-refractivity contribution >= 4 is 5.91 Å². The number of para-hydroxylation sites is 1. The van der Waals surface area contributed by atoms with E-state index in [0.29, 0.717) is 25.4 Å². The van der Waals surface area contributed by atoms with Gasteiger partial charge in [-0.1, -0.05) is 18.2 Å². The smallest absolute Gasteiger partial charge is 0.416 e. The first kappa shape index (κ1) is 18.3. The molecule has 7 heteroatoms. The van der Waals surface area contributed by atoms with Gasteiger partial charge in [0.2, 0.25) is 0 Å². The van der Waals surface area contributed by atoms with Crippen molar-refractivity contribution in [2.75, 3.05) is 26.7 Å². The highest BCUT2D eigenvalue weighted by Crippen LogP contribution is 2.32. The molecule has 1 amide bonds. The molecule has 26 heavy (non-hydrogen) atoms. The maximum absolute atomic E-state index is 12.9. The van der Waals surface area contributed by atoms with E-state index in [1.54, 1.807) is 12.0 Å². The van der Waals surface area contributed by atoms with Gasteiger partial charge in [-0.3, -0.25) is 4.79 Å². The van der Waals surface area contributed by atoms with Gasteiger partial charge < -0.3 is 15.0 Å². The van der Waals surface area contributed by atoms with Gasteiger partial charge in [0.25, 0.3) is 5.91 Å². The van der Waals surface area contributed by atoms with E-state index in [4.69, 9.17) is 4.74 Å². The van der Waals surface area contributed by atoms with Gasteiger partial charge in [-0.2, -0.15) is 13.2 Å². The monoisotopic (exact) mass is 364 g/mol. The number of hydrogen-bond donors (Lipinski definition) is 1. The number of alkyl halides is 3. The Labute approximate surface area is 149 Å². The summed E-state index contributed by atoms with van der Waals surface area (Å²) in [6.07, 6.45) is -4.42. The summed E-state index contributed by atoms with van der Waals surface area (Å²) in [6, 6.07) is 11.5. The van der Waals surface area contributed by atoms with E-state index in [9.17, 15) is 18.0 Å². The fourth-order valence-electron chi connectivity index (χ4n) is 3.13. The molecule has 1 saturated heterocycles. The number of methoxy groups -OCH3 is 1. The summed E-state index contributed by atoms with van der Waals surface area (Å²) in [4.78, 5) is 14.6. The lowest BCUT2D eigenvalue weighted by molar-refractivity contribution is -0.137. The molecule has 2 aromatic carbocycles. The van der Waals surface area contributed by atoms with E-state index in [-0.39, 0.29) is 17.5 Å². The Kier molecular flexibility index (Phi) is 5.18. The van der Waals surface area contributed by atoms with Crippen LogP contribution in [0.3, 0.4) is 0 Å². The number of carbonyl (C=O) groups is 1. The predicted molar refractivity (Wildman–Crippen MR) is 91.1 cm³/mol. The summed E-state index contributed by atoms with van der Waals surface area (Å²) in [6.45, 7) is 1.63. The van der Waals surface area contributed by atoms with Crippen molar-refractivity contribution < 1.29 is 22.7 Å². The minimum Gasteiger partial charge on any atom is -0.496 e. The van der Waals surface area contributed by atoms with E-state index < -0.39 is 11.7 Å². The van der Waals surface area contributed by atoms with Gasteiger partial charge in [-0.25, -0.2) is 0 Å². The zero-order valence-corrected chi connectivity index (χ0v) is 14.2. The van der Waals surface area contributed by atoms with Gasteiger partial charge in [-0.05, 0) is 30.3 Å². The molecule has 2 aromatic rings. The van der Waals surface area contributed by atoms with Crippen LogP contribution >= 0.6 is 0 Å². The van der Waals surface area contributed by atoms with E-state index in [1.165, 1.54) is 12.1 Å². The third kappa shape index (κ3) is 3.67. The van der Waals surface area contributed by atoms with Crippen molar-refractivity contribution in [3.63, 3.8) is 0 Å². The molecule has 1 unspecified atom stereocenters. The van der Waals surface area contributed by atoms with Crippen LogP contribution in [0.4, 0.5) is 13.2 Å².